The average molecular weight is 713 g/mol. The van der Waals surface area contributed by atoms with Gasteiger partial charge in [0.2, 0.25) is 17.6 Å². The molecule has 276 valence electrons. The number of nitrogens with one attached hydrogen (secondary N) is 4. The van der Waals surface area contributed by atoms with Gasteiger partial charge in [-0.25, -0.2) is 0 Å². The van der Waals surface area contributed by atoms with E-state index in [0.29, 0.717) is 55.9 Å². The Kier molecular flexibility index (Phi) is 14.4. The minimum atomic E-state index is -0.840. The second-order valence-electron chi connectivity index (χ2n) is 13.0. The maximum absolute atomic E-state index is 13.8. The molecule has 1 fully saturated rings. The molecule has 52 heavy (non-hydrogen) atoms. The molecule has 1 atom stereocenters. The van der Waals surface area contributed by atoms with E-state index in [1.165, 1.54) is 0 Å². The summed E-state index contributed by atoms with van der Waals surface area (Å²) in [5.74, 6) is 0.00911. The van der Waals surface area contributed by atoms with Crippen LogP contribution in [0.15, 0.2) is 66.7 Å². The number of benzene rings is 3. The van der Waals surface area contributed by atoms with E-state index in [2.05, 4.69) is 36.6 Å². The summed E-state index contributed by atoms with van der Waals surface area (Å²) in [6, 6.07) is 19.6. The molecular formula is C38H48N8O6. The summed E-state index contributed by atoms with van der Waals surface area (Å²) in [7, 11) is 0. The van der Waals surface area contributed by atoms with Gasteiger partial charge in [-0.15, -0.1) is 10.2 Å². The van der Waals surface area contributed by atoms with Gasteiger partial charge in [0.25, 0.3) is 5.91 Å². The fourth-order valence-corrected chi connectivity index (χ4v) is 6.27. The molecule has 0 unspecified atom stereocenters. The van der Waals surface area contributed by atoms with Crippen LogP contribution in [0.5, 0.6) is 0 Å². The van der Waals surface area contributed by atoms with Crippen LogP contribution in [0.3, 0.4) is 0 Å². The lowest BCUT2D eigenvalue weighted by Gasteiger charge is -2.28. The Balaban J connectivity index is 1.27. The van der Waals surface area contributed by atoms with Gasteiger partial charge < -0.3 is 36.3 Å². The normalized spacial score (nSPS) is 16.2. The van der Waals surface area contributed by atoms with E-state index < -0.39 is 6.04 Å². The first kappa shape index (κ1) is 38.2. The van der Waals surface area contributed by atoms with Gasteiger partial charge >= 0.3 is 0 Å². The van der Waals surface area contributed by atoms with Crippen molar-refractivity contribution in [1.29, 1.82) is 0 Å². The van der Waals surface area contributed by atoms with E-state index in [4.69, 9.17) is 20.3 Å². The number of nitrogens with two attached hydrogens (primary N) is 1. The molecule has 0 bridgehead atoms. The summed E-state index contributed by atoms with van der Waals surface area (Å²) in [4.78, 5) is 40.3. The summed E-state index contributed by atoms with van der Waals surface area (Å²) in [5.41, 5.74) is 11.3. The second kappa shape index (κ2) is 19.6. The summed E-state index contributed by atoms with van der Waals surface area (Å²) in [5, 5.41) is 31.7. The average Bonchev–Trinajstić information content (AvgIpc) is 3.72. The summed E-state index contributed by atoms with van der Waals surface area (Å²) in [6.07, 6.45) is 3.53. The quantitative estimate of drug-likeness (QED) is 0.0832. The van der Waals surface area contributed by atoms with Crippen molar-refractivity contribution in [3.05, 3.63) is 83.4 Å². The molecule has 0 saturated heterocycles. The Morgan fingerprint density at radius 3 is 2.42 bits per heavy atom. The fourth-order valence-electron chi connectivity index (χ4n) is 6.27. The molecule has 14 heteroatoms. The van der Waals surface area contributed by atoms with Crippen LogP contribution >= 0.6 is 0 Å². The van der Waals surface area contributed by atoms with Crippen molar-refractivity contribution in [2.45, 2.75) is 45.1 Å². The lowest BCUT2D eigenvalue weighted by Crippen LogP contribution is -2.48. The number of aromatic amines is 1. The van der Waals surface area contributed by atoms with Crippen molar-refractivity contribution in [1.82, 2.24) is 31.3 Å². The van der Waals surface area contributed by atoms with Crippen molar-refractivity contribution in [2.75, 3.05) is 51.4 Å². The Bertz CT molecular complexity index is 1740. The van der Waals surface area contributed by atoms with Crippen molar-refractivity contribution < 1.29 is 29.0 Å². The lowest BCUT2D eigenvalue weighted by atomic mass is 9.81. The summed E-state index contributed by atoms with van der Waals surface area (Å²) >= 11 is 0. The fraction of sp³-hybridized carbons (Fsp3) is 0.421. The zero-order valence-corrected chi connectivity index (χ0v) is 29.5. The molecule has 1 aliphatic carbocycles. The van der Waals surface area contributed by atoms with Crippen LogP contribution in [0.4, 0.5) is 5.69 Å². The van der Waals surface area contributed by atoms with E-state index in [0.717, 1.165) is 53.5 Å². The van der Waals surface area contributed by atoms with Crippen LogP contribution in [-0.2, 0) is 25.5 Å². The van der Waals surface area contributed by atoms with Gasteiger partial charge in [-0.1, -0.05) is 30.3 Å². The van der Waals surface area contributed by atoms with E-state index in [9.17, 15) is 14.4 Å². The highest BCUT2D eigenvalue weighted by molar-refractivity contribution is 5.98. The minimum absolute atomic E-state index is 0.0348. The van der Waals surface area contributed by atoms with Gasteiger partial charge in [-0.05, 0) is 109 Å². The predicted octanol–water partition coefficient (Wildman–Crippen LogP) is 3.03. The summed E-state index contributed by atoms with van der Waals surface area (Å²) in [6.45, 7) is 4.26. The Morgan fingerprint density at radius 2 is 1.71 bits per heavy atom. The van der Waals surface area contributed by atoms with Crippen LogP contribution in [-0.4, -0.2) is 95.6 Å². The standard InChI is InChI=1S/C38H48N8O6/c1-25-5-6-27(21-33(25)30-3-2-4-31(23-30)36(48)40-15-17-51-19-20-52-18-16-47)22-34(42-37(49)29-9-7-26(24-39)8-10-29)38(50)41-32-13-11-28(12-14-32)35-43-45-46-44-35/h2-6,11-14,21,23,26,29,34,47H,7-10,15-20,22,24,39H2,1H3,(H,40,48)(H,41,50)(H,42,49)(H,43,44,45,46)/t26?,29?,34-/m0/s1. The number of aliphatic hydroxyl groups is 1. The molecule has 0 spiro atoms. The highest BCUT2D eigenvalue weighted by Crippen LogP contribution is 2.29. The first-order valence-corrected chi connectivity index (χ1v) is 17.7. The minimum Gasteiger partial charge on any atom is -0.394 e. The molecular weight excluding hydrogens is 664 g/mol. The van der Waals surface area contributed by atoms with Crippen molar-refractivity contribution in [3.8, 4) is 22.5 Å². The number of aromatic nitrogens is 4. The van der Waals surface area contributed by atoms with E-state index in [1.807, 2.05) is 43.3 Å². The largest absolute Gasteiger partial charge is 0.394 e. The summed E-state index contributed by atoms with van der Waals surface area (Å²) < 4.78 is 10.6. The third-order valence-electron chi connectivity index (χ3n) is 9.26. The first-order valence-electron chi connectivity index (χ1n) is 17.7. The maximum atomic E-state index is 13.8. The number of aryl methyl sites for hydroxylation is 1. The predicted molar refractivity (Wildman–Crippen MR) is 196 cm³/mol. The molecule has 3 amide bonds. The molecule has 1 aliphatic rings. The van der Waals surface area contributed by atoms with Gasteiger partial charge in [-0.2, -0.15) is 5.21 Å². The van der Waals surface area contributed by atoms with Crippen LogP contribution < -0.4 is 21.7 Å². The number of rotatable bonds is 18. The van der Waals surface area contributed by atoms with Crippen LogP contribution in [0, 0.1) is 18.8 Å². The van der Waals surface area contributed by atoms with Crippen molar-refractivity contribution in [3.63, 3.8) is 0 Å². The number of amides is 3. The zero-order chi connectivity index (χ0) is 36.7. The van der Waals surface area contributed by atoms with Crippen molar-refractivity contribution >= 4 is 23.4 Å². The van der Waals surface area contributed by atoms with Crippen molar-refractivity contribution in [2.24, 2.45) is 17.6 Å². The number of tetrazole rings is 1. The lowest BCUT2D eigenvalue weighted by molar-refractivity contribution is -0.130. The van der Waals surface area contributed by atoms with Gasteiger partial charge in [0.05, 0.1) is 33.0 Å². The zero-order valence-electron chi connectivity index (χ0n) is 29.5. The molecule has 1 saturated carbocycles. The Morgan fingerprint density at radius 1 is 0.942 bits per heavy atom. The number of hydrogen-bond acceptors (Lipinski definition) is 10. The third kappa shape index (κ3) is 11.0. The van der Waals surface area contributed by atoms with E-state index in [1.54, 1.807) is 30.3 Å². The molecule has 1 aromatic heterocycles. The topological polar surface area (TPSA) is 206 Å². The first-order chi connectivity index (χ1) is 25.3. The highest BCUT2D eigenvalue weighted by atomic mass is 16.5. The molecule has 0 radical (unpaired) electrons. The van der Waals surface area contributed by atoms with Crippen LogP contribution in [0.1, 0.15) is 47.2 Å². The molecule has 1 heterocycles. The number of carbonyl (C=O) groups excluding carboxylic acids is 3. The van der Waals surface area contributed by atoms with Gasteiger partial charge in [0.15, 0.2) is 0 Å². The van der Waals surface area contributed by atoms with E-state index in [-0.39, 0.29) is 43.3 Å². The van der Waals surface area contributed by atoms with Gasteiger partial charge in [-0.3, -0.25) is 14.4 Å². The smallest absolute Gasteiger partial charge is 0.251 e. The Labute approximate surface area is 303 Å². The Hall–Kier alpha value is -5.02. The highest BCUT2D eigenvalue weighted by Gasteiger charge is 2.29. The number of hydrogen-bond donors (Lipinski definition) is 6. The molecule has 0 aliphatic heterocycles. The number of aliphatic hydroxyl groups excluding tert-OH is 1. The number of ether oxygens (including phenoxy) is 2. The van der Waals surface area contributed by atoms with Crippen LogP contribution in [0.2, 0.25) is 0 Å². The molecule has 7 N–H and O–H groups in total. The van der Waals surface area contributed by atoms with Gasteiger partial charge in [0, 0.05) is 35.7 Å². The van der Waals surface area contributed by atoms with Crippen LogP contribution in [0.25, 0.3) is 22.5 Å². The number of carbonyl (C=O) groups is 3. The number of anilines is 1. The SMILES string of the molecule is Cc1ccc(C[C@H](NC(=O)C2CCC(CN)CC2)C(=O)Nc2ccc(-c3nn[nH]n3)cc2)cc1-c1cccc(C(=O)NCCOCCOCCO)c1. The maximum Gasteiger partial charge on any atom is 0.251 e. The molecule has 5 rings (SSSR count). The van der Waals surface area contributed by atoms with Gasteiger partial charge in [0.1, 0.15) is 6.04 Å². The molecule has 4 aromatic rings. The van der Waals surface area contributed by atoms with E-state index >= 15 is 0 Å². The molecule has 14 nitrogen and oxygen atoms in total. The second-order valence-corrected chi connectivity index (χ2v) is 13.0. The molecule has 3 aromatic carbocycles. The third-order valence-corrected chi connectivity index (χ3v) is 9.26. The number of nitrogens with zero attached hydrogens (tertiary/aromatic N) is 3. The number of H-pyrrole nitrogens is 1. The monoisotopic (exact) mass is 712 g/mol.